The molecule has 0 bridgehead atoms. The van der Waals surface area contributed by atoms with Crippen LogP contribution in [0.2, 0.25) is 0 Å². The second-order valence-corrected chi connectivity index (χ2v) is 6.01. The van der Waals surface area contributed by atoms with Crippen molar-refractivity contribution in [1.82, 2.24) is 19.9 Å². The van der Waals surface area contributed by atoms with Gasteiger partial charge in [0, 0.05) is 31.6 Å². The zero-order valence-corrected chi connectivity index (χ0v) is 14.3. The Hall–Kier alpha value is -2.35. The predicted octanol–water partition coefficient (Wildman–Crippen LogP) is 1.90. The maximum atomic E-state index is 12.7. The Bertz CT molecular complexity index is 728. The van der Waals surface area contributed by atoms with Crippen LogP contribution in [0.3, 0.4) is 0 Å². The van der Waals surface area contributed by atoms with Crippen LogP contribution >= 0.6 is 11.8 Å². The normalized spacial score (nSPS) is 16.9. The fourth-order valence-corrected chi connectivity index (χ4v) is 3.13. The molecular weight excluding hydrogens is 328 g/mol. The van der Waals surface area contributed by atoms with Crippen LogP contribution in [-0.4, -0.2) is 58.3 Å². The lowest BCUT2D eigenvalue weighted by Crippen LogP contribution is -2.31. The largest absolute Gasteiger partial charge is 0.477 e. The minimum absolute atomic E-state index is 0.0235. The van der Waals surface area contributed by atoms with Crippen LogP contribution < -0.4 is 9.47 Å². The van der Waals surface area contributed by atoms with Crippen molar-refractivity contribution in [3.8, 4) is 11.8 Å². The van der Waals surface area contributed by atoms with Gasteiger partial charge < -0.3 is 14.4 Å². The highest BCUT2D eigenvalue weighted by atomic mass is 32.2. The first-order valence-corrected chi connectivity index (χ1v) is 8.75. The number of amides is 1. The highest BCUT2D eigenvalue weighted by molar-refractivity contribution is 7.98. The maximum absolute atomic E-state index is 12.7. The summed E-state index contributed by atoms with van der Waals surface area (Å²) in [6, 6.07) is 3.59. The number of carbonyl (C=O) groups excluding carboxylic acids is 1. The lowest BCUT2D eigenvalue weighted by atomic mass is 10.2. The topological polar surface area (TPSA) is 77.4 Å². The van der Waals surface area contributed by atoms with E-state index in [4.69, 9.17) is 9.47 Å². The Labute approximate surface area is 144 Å². The molecule has 126 valence electrons. The molecule has 0 spiro atoms. The molecule has 1 fully saturated rings. The van der Waals surface area contributed by atoms with E-state index in [2.05, 4.69) is 15.0 Å². The molecule has 0 aromatic carbocycles. The van der Waals surface area contributed by atoms with Crippen molar-refractivity contribution >= 4 is 17.7 Å². The molecule has 1 aliphatic heterocycles. The summed E-state index contributed by atoms with van der Waals surface area (Å²) in [6.07, 6.45) is 7.31. The van der Waals surface area contributed by atoms with Crippen LogP contribution in [0.4, 0.5) is 0 Å². The molecule has 1 saturated heterocycles. The van der Waals surface area contributed by atoms with Crippen LogP contribution in [0, 0.1) is 0 Å². The third kappa shape index (κ3) is 3.43. The highest BCUT2D eigenvalue weighted by Crippen LogP contribution is 2.25. The zero-order valence-electron chi connectivity index (χ0n) is 13.5. The van der Waals surface area contributed by atoms with E-state index < -0.39 is 0 Å². The molecule has 2 aromatic rings. The lowest BCUT2D eigenvalue weighted by Gasteiger charge is -2.18. The van der Waals surface area contributed by atoms with Crippen LogP contribution in [0.1, 0.15) is 16.8 Å². The van der Waals surface area contributed by atoms with Gasteiger partial charge >= 0.3 is 0 Å². The first-order valence-electron chi connectivity index (χ1n) is 7.53. The Morgan fingerprint density at radius 3 is 2.79 bits per heavy atom. The molecule has 1 aliphatic rings. The SMILES string of the molecule is COc1nccnc1OC1CCN(C(=O)c2cccnc2SC)C1. The van der Waals surface area contributed by atoms with Crippen molar-refractivity contribution in [3.63, 3.8) is 0 Å². The highest BCUT2D eigenvalue weighted by Gasteiger charge is 2.30. The van der Waals surface area contributed by atoms with Crippen LogP contribution in [-0.2, 0) is 0 Å². The molecule has 1 atom stereocenters. The quantitative estimate of drug-likeness (QED) is 0.765. The smallest absolute Gasteiger partial charge is 0.278 e. The van der Waals surface area contributed by atoms with Crippen molar-refractivity contribution in [2.24, 2.45) is 0 Å². The number of hydrogen-bond donors (Lipinski definition) is 0. The number of ether oxygens (including phenoxy) is 2. The monoisotopic (exact) mass is 346 g/mol. The molecule has 1 unspecified atom stereocenters. The number of pyridine rings is 1. The molecule has 1 amide bonds. The molecule has 0 radical (unpaired) electrons. The molecule has 0 aliphatic carbocycles. The molecular formula is C16H18N4O3S. The fourth-order valence-electron chi connectivity index (χ4n) is 2.59. The minimum Gasteiger partial charge on any atom is -0.477 e. The minimum atomic E-state index is -0.131. The van der Waals surface area contributed by atoms with Gasteiger partial charge in [-0.25, -0.2) is 15.0 Å². The van der Waals surface area contributed by atoms with E-state index in [1.807, 2.05) is 6.26 Å². The van der Waals surface area contributed by atoms with Gasteiger partial charge in [-0.05, 0) is 18.4 Å². The third-order valence-electron chi connectivity index (χ3n) is 3.73. The van der Waals surface area contributed by atoms with Crippen LogP contribution in [0.5, 0.6) is 11.8 Å². The number of aromatic nitrogens is 3. The molecule has 2 aromatic heterocycles. The van der Waals surface area contributed by atoms with Gasteiger partial charge in [0.1, 0.15) is 11.1 Å². The molecule has 0 saturated carbocycles. The average molecular weight is 346 g/mol. The number of methoxy groups -OCH3 is 1. The fraction of sp³-hybridized carbons (Fsp3) is 0.375. The first-order chi connectivity index (χ1) is 11.7. The van der Waals surface area contributed by atoms with E-state index in [0.717, 1.165) is 11.4 Å². The molecule has 3 heterocycles. The van der Waals surface area contributed by atoms with Crippen molar-refractivity contribution in [3.05, 3.63) is 36.3 Å². The Balaban J connectivity index is 1.68. The Morgan fingerprint density at radius 1 is 1.25 bits per heavy atom. The molecule has 7 nitrogen and oxygen atoms in total. The van der Waals surface area contributed by atoms with Gasteiger partial charge in [0.05, 0.1) is 19.2 Å². The Morgan fingerprint density at radius 2 is 2.04 bits per heavy atom. The van der Waals surface area contributed by atoms with E-state index in [1.165, 1.54) is 18.9 Å². The van der Waals surface area contributed by atoms with E-state index in [1.54, 1.807) is 35.6 Å². The number of hydrogen-bond acceptors (Lipinski definition) is 7. The van der Waals surface area contributed by atoms with Gasteiger partial charge in [-0.1, -0.05) is 0 Å². The zero-order chi connectivity index (χ0) is 16.9. The van der Waals surface area contributed by atoms with Gasteiger partial charge in [-0.15, -0.1) is 11.8 Å². The second-order valence-electron chi connectivity index (χ2n) is 5.21. The summed E-state index contributed by atoms with van der Waals surface area (Å²) in [5.74, 6) is 0.675. The summed E-state index contributed by atoms with van der Waals surface area (Å²) in [7, 11) is 1.52. The third-order valence-corrected chi connectivity index (χ3v) is 4.44. The predicted molar refractivity (Wildman–Crippen MR) is 89.5 cm³/mol. The van der Waals surface area contributed by atoms with Crippen molar-refractivity contribution < 1.29 is 14.3 Å². The van der Waals surface area contributed by atoms with Gasteiger partial charge in [-0.3, -0.25) is 4.79 Å². The van der Waals surface area contributed by atoms with Crippen molar-refractivity contribution in [2.75, 3.05) is 26.5 Å². The van der Waals surface area contributed by atoms with Gasteiger partial charge in [-0.2, -0.15) is 0 Å². The number of nitrogens with zero attached hydrogens (tertiary/aromatic N) is 4. The summed E-state index contributed by atoms with van der Waals surface area (Å²) >= 11 is 1.47. The second kappa shape index (κ2) is 7.48. The molecule has 24 heavy (non-hydrogen) atoms. The lowest BCUT2D eigenvalue weighted by molar-refractivity contribution is 0.0766. The van der Waals surface area contributed by atoms with Crippen LogP contribution in [0.25, 0.3) is 0 Å². The van der Waals surface area contributed by atoms with E-state index >= 15 is 0 Å². The Kier molecular flexibility index (Phi) is 5.14. The van der Waals surface area contributed by atoms with Crippen LogP contribution in [0.15, 0.2) is 35.7 Å². The number of likely N-dealkylation sites (tertiary alicyclic amines) is 1. The first kappa shape index (κ1) is 16.5. The summed E-state index contributed by atoms with van der Waals surface area (Å²) in [4.78, 5) is 26.9. The van der Waals surface area contributed by atoms with Crippen molar-refractivity contribution in [2.45, 2.75) is 17.6 Å². The van der Waals surface area contributed by atoms with Crippen molar-refractivity contribution in [1.29, 1.82) is 0 Å². The molecule has 0 N–H and O–H groups in total. The molecule has 8 heteroatoms. The summed E-state index contributed by atoms with van der Waals surface area (Å²) in [6.45, 7) is 1.13. The summed E-state index contributed by atoms with van der Waals surface area (Å²) < 4.78 is 11.0. The average Bonchev–Trinajstić information content (AvgIpc) is 3.10. The number of thioether (sulfide) groups is 1. The van der Waals surface area contributed by atoms with Gasteiger partial charge in [0.2, 0.25) is 0 Å². The maximum Gasteiger partial charge on any atom is 0.278 e. The number of rotatable bonds is 5. The van der Waals surface area contributed by atoms with E-state index in [0.29, 0.717) is 30.4 Å². The summed E-state index contributed by atoms with van der Waals surface area (Å²) in [5.41, 5.74) is 0.628. The molecule has 3 rings (SSSR count). The number of carbonyl (C=O) groups is 1. The van der Waals surface area contributed by atoms with E-state index in [9.17, 15) is 4.79 Å². The van der Waals surface area contributed by atoms with Gasteiger partial charge in [0.25, 0.3) is 17.7 Å². The van der Waals surface area contributed by atoms with Gasteiger partial charge in [0.15, 0.2) is 0 Å². The summed E-state index contributed by atoms with van der Waals surface area (Å²) in [5, 5.41) is 0.738. The standard InChI is InChI=1S/C16H18N4O3S/c1-22-13-14(18-8-7-17-13)23-11-5-9-20(10-11)16(21)12-4-3-6-19-15(12)24-2/h3-4,6-8,11H,5,9-10H2,1-2H3. The van der Waals surface area contributed by atoms with E-state index in [-0.39, 0.29) is 12.0 Å².